The monoisotopic (exact) mass is 181 g/mol. The van der Waals surface area contributed by atoms with Gasteiger partial charge in [0.1, 0.15) is 5.82 Å². The summed E-state index contributed by atoms with van der Waals surface area (Å²) in [6.07, 6.45) is 3.90. The van der Waals surface area contributed by atoms with Crippen molar-refractivity contribution in [2.75, 3.05) is 0 Å². The summed E-state index contributed by atoms with van der Waals surface area (Å²) in [6, 6.07) is 0.241. The lowest BCUT2D eigenvalue weighted by Gasteiger charge is -2.16. The average Bonchev–Trinajstić information content (AvgIpc) is 2.49. The summed E-state index contributed by atoms with van der Waals surface area (Å²) in [7, 11) is 0. The molecule has 0 aromatic carbocycles. The van der Waals surface area contributed by atoms with Gasteiger partial charge in [-0.1, -0.05) is 20.3 Å². The molecule has 1 heterocycles. The Bertz CT molecular complexity index is 254. The van der Waals surface area contributed by atoms with Crippen molar-refractivity contribution in [1.29, 1.82) is 0 Å². The zero-order valence-corrected chi connectivity index (χ0v) is 8.67. The number of nitrogens with two attached hydrogens (primary N) is 1. The largest absolute Gasteiger partial charge is 0.346 e. The molecule has 13 heavy (non-hydrogen) atoms. The molecule has 0 spiro atoms. The first kappa shape index (κ1) is 10.3. The fraction of sp³-hybridized carbons (Fsp3) is 0.700. The molecule has 0 saturated heterocycles. The molecule has 2 atom stereocenters. The zero-order valence-electron chi connectivity index (χ0n) is 8.67. The third-order valence-corrected chi connectivity index (χ3v) is 2.59. The molecule has 0 amide bonds. The van der Waals surface area contributed by atoms with Crippen LogP contribution in [-0.2, 0) is 6.42 Å². The van der Waals surface area contributed by atoms with Crippen LogP contribution >= 0.6 is 0 Å². The van der Waals surface area contributed by atoms with Gasteiger partial charge in [0.15, 0.2) is 0 Å². The fourth-order valence-electron chi connectivity index (χ4n) is 1.33. The van der Waals surface area contributed by atoms with Crippen LogP contribution < -0.4 is 5.73 Å². The van der Waals surface area contributed by atoms with E-state index in [9.17, 15) is 0 Å². The third-order valence-electron chi connectivity index (χ3n) is 2.59. The van der Waals surface area contributed by atoms with E-state index in [0.29, 0.717) is 5.92 Å². The van der Waals surface area contributed by atoms with Crippen LogP contribution in [0.4, 0.5) is 0 Å². The summed E-state index contributed by atoms with van der Waals surface area (Å²) in [5.74, 6) is 1.54. The van der Waals surface area contributed by atoms with Crippen molar-refractivity contribution < 1.29 is 0 Å². The topological polar surface area (TPSA) is 54.7 Å². The van der Waals surface area contributed by atoms with Crippen molar-refractivity contribution >= 4 is 0 Å². The maximum atomic E-state index is 6.02. The molecule has 1 rings (SSSR count). The van der Waals surface area contributed by atoms with Crippen molar-refractivity contribution in [3.8, 4) is 0 Å². The molecular formula is C10H19N3. The number of rotatable bonds is 4. The van der Waals surface area contributed by atoms with Crippen molar-refractivity contribution in [3.63, 3.8) is 0 Å². The second-order valence-electron chi connectivity index (χ2n) is 3.75. The number of aryl methyl sites for hydroxylation is 1. The van der Waals surface area contributed by atoms with E-state index in [4.69, 9.17) is 5.73 Å². The number of imidazole rings is 1. The van der Waals surface area contributed by atoms with Crippen molar-refractivity contribution in [1.82, 2.24) is 9.97 Å². The molecule has 0 aliphatic carbocycles. The maximum absolute atomic E-state index is 6.02. The van der Waals surface area contributed by atoms with Gasteiger partial charge in [0.2, 0.25) is 0 Å². The van der Waals surface area contributed by atoms with Crippen LogP contribution in [0.25, 0.3) is 0 Å². The van der Waals surface area contributed by atoms with Gasteiger partial charge in [-0.3, -0.25) is 0 Å². The number of aromatic amines is 1. The minimum atomic E-state index is 0.241. The van der Waals surface area contributed by atoms with Gasteiger partial charge >= 0.3 is 0 Å². The Hall–Kier alpha value is -0.830. The molecule has 0 bridgehead atoms. The van der Waals surface area contributed by atoms with Crippen molar-refractivity contribution in [3.05, 3.63) is 17.7 Å². The maximum Gasteiger partial charge on any atom is 0.103 e. The van der Waals surface area contributed by atoms with E-state index in [2.05, 4.69) is 23.8 Å². The van der Waals surface area contributed by atoms with Crippen LogP contribution in [0.15, 0.2) is 6.20 Å². The van der Waals surface area contributed by atoms with Gasteiger partial charge in [-0.25, -0.2) is 4.98 Å². The Kier molecular flexibility index (Phi) is 3.48. The summed E-state index contributed by atoms with van der Waals surface area (Å²) in [5.41, 5.74) is 7.17. The molecule has 74 valence electrons. The van der Waals surface area contributed by atoms with Crippen LogP contribution in [0.2, 0.25) is 0 Å². The van der Waals surface area contributed by atoms with Crippen molar-refractivity contribution in [2.45, 2.75) is 39.7 Å². The van der Waals surface area contributed by atoms with E-state index in [0.717, 1.165) is 24.4 Å². The minimum Gasteiger partial charge on any atom is -0.346 e. The van der Waals surface area contributed by atoms with Crippen LogP contribution in [-0.4, -0.2) is 16.0 Å². The highest BCUT2D eigenvalue weighted by Crippen LogP contribution is 2.10. The Labute approximate surface area is 79.8 Å². The molecular weight excluding hydrogens is 162 g/mol. The normalized spacial score (nSPS) is 15.7. The van der Waals surface area contributed by atoms with E-state index in [1.54, 1.807) is 0 Å². The molecule has 3 nitrogen and oxygen atoms in total. The van der Waals surface area contributed by atoms with Crippen LogP contribution in [0, 0.1) is 12.8 Å². The van der Waals surface area contributed by atoms with Gasteiger partial charge in [-0.2, -0.15) is 0 Å². The van der Waals surface area contributed by atoms with Gasteiger partial charge in [0, 0.05) is 24.4 Å². The summed E-state index contributed by atoms with van der Waals surface area (Å²) < 4.78 is 0. The van der Waals surface area contributed by atoms with Gasteiger partial charge in [-0.15, -0.1) is 0 Å². The predicted molar refractivity (Wildman–Crippen MR) is 54.5 cm³/mol. The molecule has 0 aliphatic heterocycles. The second kappa shape index (κ2) is 4.42. The van der Waals surface area contributed by atoms with Crippen LogP contribution in [0.5, 0.6) is 0 Å². The molecule has 0 radical (unpaired) electrons. The lowest BCUT2D eigenvalue weighted by atomic mass is 9.96. The van der Waals surface area contributed by atoms with Gasteiger partial charge in [0.25, 0.3) is 0 Å². The van der Waals surface area contributed by atoms with Gasteiger partial charge in [0.05, 0.1) is 0 Å². The van der Waals surface area contributed by atoms with Crippen LogP contribution in [0.3, 0.4) is 0 Å². The summed E-state index contributed by atoms with van der Waals surface area (Å²) >= 11 is 0. The highest BCUT2D eigenvalue weighted by Gasteiger charge is 2.11. The second-order valence-corrected chi connectivity index (χ2v) is 3.75. The highest BCUT2D eigenvalue weighted by molar-refractivity contribution is 5.02. The SMILES string of the molecule is CCC(C)C(N)Cc1cnc(C)[nH]1. The number of H-pyrrole nitrogens is 1. The summed E-state index contributed by atoms with van der Waals surface area (Å²) in [5, 5.41) is 0. The van der Waals surface area contributed by atoms with E-state index in [-0.39, 0.29) is 6.04 Å². The first-order valence-electron chi connectivity index (χ1n) is 4.89. The smallest absolute Gasteiger partial charge is 0.103 e. The molecule has 2 unspecified atom stereocenters. The number of nitrogens with zero attached hydrogens (tertiary/aromatic N) is 1. The molecule has 3 N–H and O–H groups in total. The summed E-state index contributed by atoms with van der Waals surface area (Å²) in [4.78, 5) is 7.34. The number of hydrogen-bond donors (Lipinski definition) is 2. The molecule has 1 aromatic heterocycles. The molecule has 3 heteroatoms. The summed E-state index contributed by atoms with van der Waals surface area (Å²) in [6.45, 7) is 6.31. The number of nitrogens with one attached hydrogen (secondary N) is 1. The predicted octanol–water partition coefficient (Wildman–Crippen LogP) is 1.63. The first-order chi connectivity index (χ1) is 6.13. The lowest BCUT2D eigenvalue weighted by Crippen LogP contribution is -2.30. The van der Waals surface area contributed by atoms with Gasteiger partial charge in [-0.05, 0) is 12.8 Å². The number of aromatic nitrogens is 2. The minimum absolute atomic E-state index is 0.241. The van der Waals surface area contributed by atoms with Gasteiger partial charge < -0.3 is 10.7 Å². The quantitative estimate of drug-likeness (QED) is 0.741. The molecule has 0 fully saturated rings. The fourth-order valence-corrected chi connectivity index (χ4v) is 1.33. The zero-order chi connectivity index (χ0) is 9.84. The first-order valence-corrected chi connectivity index (χ1v) is 4.89. The van der Waals surface area contributed by atoms with E-state index < -0.39 is 0 Å². The van der Waals surface area contributed by atoms with Crippen molar-refractivity contribution in [2.24, 2.45) is 11.7 Å². The Balaban J connectivity index is 2.49. The number of hydrogen-bond acceptors (Lipinski definition) is 2. The standard InChI is InChI=1S/C10H19N3/c1-4-7(2)10(11)5-9-6-12-8(3)13-9/h6-7,10H,4-5,11H2,1-3H3,(H,12,13). The lowest BCUT2D eigenvalue weighted by molar-refractivity contribution is 0.437. The van der Waals surface area contributed by atoms with E-state index in [1.807, 2.05) is 13.1 Å². The molecule has 0 aliphatic rings. The highest BCUT2D eigenvalue weighted by atomic mass is 14.9. The molecule has 0 saturated carbocycles. The Morgan fingerprint density at radius 2 is 2.31 bits per heavy atom. The molecule has 1 aromatic rings. The average molecular weight is 181 g/mol. The van der Waals surface area contributed by atoms with Crippen LogP contribution in [0.1, 0.15) is 31.8 Å². The Morgan fingerprint density at radius 3 is 2.77 bits per heavy atom. The van der Waals surface area contributed by atoms with E-state index in [1.165, 1.54) is 0 Å². The Morgan fingerprint density at radius 1 is 1.62 bits per heavy atom. The van der Waals surface area contributed by atoms with E-state index >= 15 is 0 Å². The third kappa shape index (κ3) is 2.84.